The molecule has 0 aliphatic carbocycles. The van der Waals surface area contributed by atoms with Crippen molar-refractivity contribution in [2.24, 2.45) is 4.99 Å². The van der Waals surface area contributed by atoms with Crippen LogP contribution in [-0.4, -0.2) is 21.6 Å². The first-order valence-electron chi connectivity index (χ1n) is 6.84. The Morgan fingerprint density at radius 2 is 1.77 bits per heavy atom. The molecule has 0 saturated carbocycles. The maximum Gasteiger partial charge on any atom is 0.277 e. The van der Waals surface area contributed by atoms with Gasteiger partial charge < -0.3 is 4.98 Å². The zero-order chi connectivity index (χ0) is 15.1. The van der Waals surface area contributed by atoms with Crippen molar-refractivity contribution in [2.75, 3.05) is 0 Å². The molecule has 5 nitrogen and oxygen atoms in total. The first kappa shape index (κ1) is 12.5. The van der Waals surface area contributed by atoms with Crippen molar-refractivity contribution in [1.29, 1.82) is 5.26 Å². The molecule has 1 atom stereocenters. The topological polar surface area (TPSA) is 81.9 Å². The molecule has 2 heterocycles. The summed E-state index contributed by atoms with van der Waals surface area (Å²) in [4.78, 5) is 23.6. The number of aromatic nitrogens is 2. The number of imidazole rings is 1. The van der Waals surface area contributed by atoms with Crippen LogP contribution < -0.4 is 0 Å². The second-order valence-corrected chi connectivity index (χ2v) is 5.05. The molecule has 3 aromatic rings. The molecule has 1 N–H and O–H groups in total. The minimum atomic E-state index is -0.694. The molecule has 0 saturated heterocycles. The first-order chi connectivity index (χ1) is 10.8. The van der Waals surface area contributed by atoms with E-state index >= 15 is 0 Å². The van der Waals surface area contributed by atoms with Gasteiger partial charge in [0.2, 0.25) is 0 Å². The molecule has 5 heteroatoms. The molecule has 0 fully saturated rings. The van der Waals surface area contributed by atoms with E-state index in [0.717, 1.165) is 11.0 Å². The third-order valence-corrected chi connectivity index (χ3v) is 3.74. The number of nitrogens with zero attached hydrogens (tertiary/aromatic N) is 3. The molecule has 0 radical (unpaired) electrons. The molecule has 4 rings (SSSR count). The molecular weight excluding hydrogens is 276 g/mol. The molecule has 0 spiro atoms. The van der Waals surface area contributed by atoms with Gasteiger partial charge in [0, 0.05) is 5.56 Å². The summed E-state index contributed by atoms with van der Waals surface area (Å²) in [6.07, 6.45) is 0. The zero-order valence-corrected chi connectivity index (χ0v) is 11.4. The minimum Gasteiger partial charge on any atom is -0.341 e. The number of benzene rings is 2. The van der Waals surface area contributed by atoms with E-state index in [-0.39, 0.29) is 5.91 Å². The fraction of sp³-hybridized carbons (Fsp3) is 0.0588. The van der Waals surface area contributed by atoms with E-state index < -0.39 is 5.92 Å². The van der Waals surface area contributed by atoms with Gasteiger partial charge in [0.05, 0.1) is 28.4 Å². The Morgan fingerprint density at radius 3 is 2.55 bits per heavy atom. The SMILES string of the molecule is N#CC(C1=NC(=O)c2ccccc21)c1nc2ccccc2[nH]1. The van der Waals surface area contributed by atoms with Crippen LogP contribution in [0.2, 0.25) is 0 Å². The molecule has 1 aliphatic heterocycles. The fourth-order valence-corrected chi connectivity index (χ4v) is 2.70. The van der Waals surface area contributed by atoms with Crippen molar-refractivity contribution in [3.63, 3.8) is 0 Å². The van der Waals surface area contributed by atoms with Crippen LogP contribution in [0.5, 0.6) is 0 Å². The fourth-order valence-electron chi connectivity index (χ4n) is 2.70. The Labute approximate surface area is 126 Å². The first-order valence-corrected chi connectivity index (χ1v) is 6.84. The average Bonchev–Trinajstić information content (AvgIpc) is 3.11. The van der Waals surface area contributed by atoms with Gasteiger partial charge in [-0.2, -0.15) is 5.26 Å². The van der Waals surface area contributed by atoms with Crippen molar-refractivity contribution in [2.45, 2.75) is 5.92 Å². The summed E-state index contributed by atoms with van der Waals surface area (Å²) in [6.45, 7) is 0. The summed E-state index contributed by atoms with van der Waals surface area (Å²) in [5.41, 5.74) is 3.35. The lowest BCUT2D eigenvalue weighted by molar-refractivity contribution is 0.101. The highest BCUT2D eigenvalue weighted by Gasteiger charge is 2.31. The lowest BCUT2D eigenvalue weighted by Gasteiger charge is -2.06. The average molecular weight is 286 g/mol. The van der Waals surface area contributed by atoms with E-state index in [1.807, 2.05) is 36.4 Å². The summed E-state index contributed by atoms with van der Waals surface area (Å²) in [5.74, 6) is -0.492. The van der Waals surface area contributed by atoms with Gasteiger partial charge in [-0.15, -0.1) is 0 Å². The third kappa shape index (κ3) is 1.75. The van der Waals surface area contributed by atoms with Crippen LogP contribution in [0.1, 0.15) is 27.7 Å². The molecule has 22 heavy (non-hydrogen) atoms. The minimum absolute atomic E-state index is 0.304. The van der Waals surface area contributed by atoms with Gasteiger partial charge in [0.25, 0.3) is 5.91 Å². The highest BCUT2D eigenvalue weighted by molar-refractivity contribution is 6.23. The Morgan fingerprint density at radius 1 is 1.05 bits per heavy atom. The van der Waals surface area contributed by atoms with Crippen LogP contribution in [-0.2, 0) is 0 Å². The van der Waals surface area contributed by atoms with Crippen molar-refractivity contribution in [1.82, 2.24) is 9.97 Å². The number of nitriles is 1. The second kappa shape index (κ2) is 4.64. The van der Waals surface area contributed by atoms with Gasteiger partial charge in [-0.1, -0.05) is 30.3 Å². The standard InChI is InChI=1S/C17H10N4O/c18-9-12(16-19-13-7-3-4-8-14(13)20-16)15-10-5-1-2-6-11(10)17(22)21-15/h1-8,12H,(H,19,20). The number of carbonyl (C=O) groups is 1. The molecule has 1 aromatic heterocycles. The molecule has 104 valence electrons. The quantitative estimate of drug-likeness (QED) is 0.786. The van der Waals surface area contributed by atoms with Crippen LogP contribution in [0.15, 0.2) is 53.5 Å². The van der Waals surface area contributed by atoms with Crippen LogP contribution in [0.4, 0.5) is 0 Å². The lowest BCUT2D eigenvalue weighted by atomic mass is 9.96. The van der Waals surface area contributed by atoms with Crippen molar-refractivity contribution in [3.05, 3.63) is 65.5 Å². The summed E-state index contributed by atoms with van der Waals surface area (Å²) in [6, 6.07) is 16.9. The van der Waals surface area contributed by atoms with Crippen molar-refractivity contribution < 1.29 is 4.79 Å². The monoisotopic (exact) mass is 286 g/mol. The summed E-state index contributed by atoms with van der Waals surface area (Å²) < 4.78 is 0. The van der Waals surface area contributed by atoms with Gasteiger partial charge >= 0.3 is 0 Å². The molecule has 2 aromatic carbocycles. The van der Waals surface area contributed by atoms with E-state index in [2.05, 4.69) is 21.0 Å². The molecular formula is C17H10N4O. The third-order valence-electron chi connectivity index (χ3n) is 3.74. The number of hydrogen-bond donors (Lipinski definition) is 1. The van der Waals surface area contributed by atoms with Crippen molar-refractivity contribution in [3.8, 4) is 6.07 Å². The summed E-state index contributed by atoms with van der Waals surface area (Å²) >= 11 is 0. The Balaban J connectivity index is 1.85. The number of H-pyrrole nitrogens is 1. The largest absolute Gasteiger partial charge is 0.341 e. The molecule has 0 bridgehead atoms. The smallest absolute Gasteiger partial charge is 0.277 e. The molecule has 1 unspecified atom stereocenters. The number of aromatic amines is 1. The molecule has 1 aliphatic rings. The number of rotatable bonds is 2. The summed E-state index contributed by atoms with van der Waals surface area (Å²) in [7, 11) is 0. The van der Waals surface area contributed by atoms with Gasteiger partial charge in [0.15, 0.2) is 0 Å². The van der Waals surface area contributed by atoms with Crippen LogP contribution in [0.3, 0.4) is 0 Å². The number of fused-ring (bicyclic) bond motifs is 2. The van der Waals surface area contributed by atoms with E-state index in [1.165, 1.54) is 0 Å². The predicted molar refractivity (Wildman–Crippen MR) is 81.8 cm³/mol. The maximum absolute atomic E-state index is 12.0. The highest BCUT2D eigenvalue weighted by atomic mass is 16.1. The van der Waals surface area contributed by atoms with E-state index in [4.69, 9.17) is 0 Å². The lowest BCUT2D eigenvalue weighted by Crippen LogP contribution is -2.12. The number of nitrogens with one attached hydrogen (secondary N) is 1. The number of aliphatic imine (C=N–C) groups is 1. The number of carbonyl (C=O) groups excluding carboxylic acids is 1. The number of hydrogen-bond acceptors (Lipinski definition) is 3. The number of para-hydroxylation sites is 2. The maximum atomic E-state index is 12.0. The normalized spacial score (nSPS) is 14.5. The van der Waals surface area contributed by atoms with Gasteiger partial charge in [-0.05, 0) is 18.2 Å². The zero-order valence-electron chi connectivity index (χ0n) is 11.4. The van der Waals surface area contributed by atoms with Gasteiger partial charge in [0.1, 0.15) is 11.7 Å². The van der Waals surface area contributed by atoms with Crippen LogP contribution in [0, 0.1) is 11.3 Å². The predicted octanol–water partition coefficient (Wildman–Crippen LogP) is 2.81. The number of amides is 1. The molecule has 1 amide bonds. The van der Waals surface area contributed by atoms with Crippen LogP contribution in [0.25, 0.3) is 11.0 Å². The summed E-state index contributed by atoms with van der Waals surface area (Å²) in [5, 5.41) is 9.57. The van der Waals surface area contributed by atoms with Crippen molar-refractivity contribution >= 4 is 22.7 Å². The Bertz CT molecular complexity index is 944. The van der Waals surface area contributed by atoms with Gasteiger partial charge in [-0.25, -0.2) is 9.98 Å². The van der Waals surface area contributed by atoms with Gasteiger partial charge in [-0.3, -0.25) is 4.79 Å². The second-order valence-electron chi connectivity index (χ2n) is 5.05. The van der Waals surface area contributed by atoms with E-state index in [0.29, 0.717) is 22.7 Å². The Hall–Kier alpha value is -3.26. The Kier molecular flexibility index (Phi) is 2.63. The van der Waals surface area contributed by atoms with E-state index in [1.54, 1.807) is 12.1 Å². The highest BCUT2D eigenvalue weighted by Crippen LogP contribution is 2.28. The van der Waals surface area contributed by atoms with E-state index in [9.17, 15) is 10.1 Å². The van der Waals surface area contributed by atoms with Crippen LogP contribution >= 0.6 is 0 Å².